The first kappa shape index (κ1) is 13.4. The maximum Gasteiger partial charge on any atom is 0.416 e. The molecule has 0 fully saturated rings. The van der Waals surface area contributed by atoms with E-state index in [-0.39, 0.29) is 16.2 Å². The number of amides is 1. The molecule has 0 aromatic heterocycles. The molecule has 1 amide bonds. The van der Waals surface area contributed by atoms with Crippen molar-refractivity contribution < 1.29 is 18.0 Å². The van der Waals surface area contributed by atoms with Crippen LogP contribution in [0.4, 0.5) is 18.9 Å². The fourth-order valence-electron chi connectivity index (χ4n) is 1.22. The number of carbonyl (C=O) groups is 1. The topological polar surface area (TPSA) is 55.1 Å². The van der Waals surface area contributed by atoms with Gasteiger partial charge in [-0.2, -0.15) is 13.2 Å². The Morgan fingerprint density at radius 1 is 1.41 bits per heavy atom. The Kier molecular flexibility index (Phi) is 3.72. The first-order chi connectivity index (χ1) is 7.71. The maximum atomic E-state index is 12.5. The second kappa shape index (κ2) is 4.70. The number of anilines is 1. The largest absolute Gasteiger partial charge is 0.416 e. The number of benzene rings is 1. The van der Waals surface area contributed by atoms with Gasteiger partial charge in [-0.15, -0.1) is 0 Å². The molecule has 0 radical (unpaired) electrons. The molecule has 1 aromatic carbocycles. The minimum atomic E-state index is -4.48. The summed E-state index contributed by atoms with van der Waals surface area (Å²) >= 11 is 4.64. The second-order valence-corrected chi connectivity index (χ2v) is 3.74. The van der Waals surface area contributed by atoms with E-state index in [0.29, 0.717) is 0 Å². The zero-order valence-electron chi connectivity index (χ0n) is 8.76. The molecule has 92 valence electrons. The molecule has 0 heterocycles. The van der Waals surface area contributed by atoms with Crippen LogP contribution in [0.5, 0.6) is 0 Å². The summed E-state index contributed by atoms with van der Waals surface area (Å²) in [5, 5.41) is 2.36. The summed E-state index contributed by atoms with van der Waals surface area (Å²) in [6.07, 6.45) is -4.48. The average Bonchev–Trinajstić information content (AvgIpc) is 2.15. The smallest absolute Gasteiger partial charge is 0.389 e. The summed E-state index contributed by atoms with van der Waals surface area (Å²) in [5.41, 5.74) is 4.60. The fourth-order valence-corrected chi connectivity index (χ4v) is 1.39. The quantitative estimate of drug-likeness (QED) is 0.804. The molecule has 0 bridgehead atoms. The van der Waals surface area contributed by atoms with Gasteiger partial charge >= 0.3 is 6.18 Å². The van der Waals surface area contributed by atoms with Gasteiger partial charge in [0.15, 0.2) is 0 Å². The van der Waals surface area contributed by atoms with Crippen molar-refractivity contribution in [2.45, 2.75) is 13.1 Å². The van der Waals surface area contributed by atoms with Crippen molar-refractivity contribution in [3.8, 4) is 0 Å². The van der Waals surface area contributed by atoms with Crippen LogP contribution < -0.4 is 11.1 Å². The van der Waals surface area contributed by atoms with Crippen LogP contribution in [0.2, 0.25) is 0 Å². The number of nitrogens with two attached hydrogens (primary N) is 1. The van der Waals surface area contributed by atoms with Crippen LogP contribution in [0.1, 0.15) is 18.1 Å². The summed E-state index contributed by atoms with van der Waals surface area (Å²) in [6.45, 7) is 1.24. The third-order valence-electron chi connectivity index (χ3n) is 1.92. The van der Waals surface area contributed by atoms with Crippen molar-refractivity contribution in [3.63, 3.8) is 0 Å². The number of alkyl halides is 3. The molecule has 0 saturated carbocycles. The van der Waals surface area contributed by atoms with Crippen molar-refractivity contribution in [1.29, 1.82) is 0 Å². The SMILES string of the molecule is CC(=O)Nc1ccc(C(F)(F)F)cc1C(N)=S. The number of nitrogens with one attached hydrogen (secondary N) is 1. The van der Waals surface area contributed by atoms with Gasteiger partial charge in [-0.25, -0.2) is 0 Å². The van der Waals surface area contributed by atoms with Gasteiger partial charge in [0.2, 0.25) is 5.91 Å². The molecule has 0 aliphatic heterocycles. The highest BCUT2D eigenvalue weighted by atomic mass is 32.1. The third-order valence-corrected chi connectivity index (χ3v) is 2.14. The molecule has 1 aromatic rings. The Labute approximate surface area is 101 Å². The first-order valence-electron chi connectivity index (χ1n) is 4.50. The summed E-state index contributed by atoms with van der Waals surface area (Å²) in [6, 6.07) is 2.79. The number of halogens is 3. The van der Waals surface area contributed by atoms with Crippen molar-refractivity contribution in [3.05, 3.63) is 29.3 Å². The zero-order chi connectivity index (χ0) is 13.2. The van der Waals surface area contributed by atoms with E-state index in [0.717, 1.165) is 18.2 Å². The first-order valence-corrected chi connectivity index (χ1v) is 4.91. The minimum absolute atomic E-state index is 0.00924. The summed E-state index contributed by atoms with van der Waals surface area (Å²) in [7, 11) is 0. The summed E-state index contributed by atoms with van der Waals surface area (Å²) in [5.74, 6) is -0.415. The maximum absolute atomic E-state index is 12.5. The van der Waals surface area contributed by atoms with Crippen molar-refractivity contribution in [2.24, 2.45) is 5.73 Å². The van der Waals surface area contributed by atoms with E-state index < -0.39 is 17.6 Å². The van der Waals surface area contributed by atoms with Crippen LogP contribution in [0.25, 0.3) is 0 Å². The Balaban J connectivity index is 3.27. The van der Waals surface area contributed by atoms with Crippen LogP contribution in [0.3, 0.4) is 0 Å². The van der Waals surface area contributed by atoms with Gasteiger partial charge in [-0.1, -0.05) is 12.2 Å². The Hall–Kier alpha value is -1.63. The number of rotatable bonds is 2. The van der Waals surface area contributed by atoms with Gasteiger partial charge in [0.1, 0.15) is 4.99 Å². The molecule has 1 rings (SSSR count). The van der Waals surface area contributed by atoms with Gasteiger partial charge in [0.25, 0.3) is 0 Å². The lowest BCUT2D eigenvalue weighted by atomic mass is 10.1. The Morgan fingerprint density at radius 3 is 2.41 bits per heavy atom. The van der Waals surface area contributed by atoms with Crippen molar-refractivity contribution >= 4 is 28.8 Å². The molecule has 0 aliphatic carbocycles. The van der Waals surface area contributed by atoms with Crippen LogP contribution in [-0.2, 0) is 11.0 Å². The second-order valence-electron chi connectivity index (χ2n) is 3.30. The zero-order valence-corrected chi connectivity index (χ0v) is 9.58. The Morgan fingerprint density at radius 2 is 2.00 bits per heavy atom. The van der Waals surface area contributed by atoms with Gasteiger partial charge < -0.3 is 11.1 Å². The summed E-state index contributed by atoms with van der Waals surface area (Å²) in [4.78, 5) is 10.6. The average molecular weight is 262 g/mol. The van der Waals surface area contributed by atoms with Crippen LogP contribution in [0.15, 0.2) is 18.2 Å². The summed E-state index contributed by atoms with van der Waals surface area (Å²) < 4.78 is 37.4. The molecule has 0 aliphatic rings. The molecule has 0 saturated heterocycles. The fraction of sp³-hybridized carbons (Fsp3) is 0.200. The van der Waals surface area contributed by atoms with E-state index in [4.69, 9.17) is 5.73 Å². The molecule has 0 atom stereocenters. The standard InChI is InChI=1S/C10H9F3N2OS/c1-5(16)15-8-3-2-6(10(11,12)13)4-7(8)9(14)17/h2-4H,1H3,(H2,14,17)(H,15,16). The highest BCUT2D eigenvalue weighted by molar-refractivity contribution is 7.80. The number of carbonyl (C=O) groups excluding carboxylic acids is 1. The molecular weight excluding hydrogens is 253 g/mol. The lowest BCUT2D eigenvalue weighted by Gasteiger charge is -2.12. The normalized spacial score (nSPS) is 11.1. The van der Waals surface area contributed by atoms with Gasteiger partial charge in [-0.05, 0) is 18.2 Å². The van der Waals surface area contributed by atoms with E-state index >= 15 is 0 Å². The van der Waals surface area contributed by atoms with E-state index in [9.17, 15) is 18.0 Å². The number of hydrogen-bond acceptors (Lipinski definition) is 2. The molecule has 3 nitrogen and oxygen atoms in total. The number of hydrogen-bond donors (Lipinski definition) is 2. The van der Waals surface area contributed by atoms with Gasteiger partial charge in [-0.3, -0.25) is 4.79 Å². The van der Waals surface area contributed by atoms with E-state index in [1.165, 1.54) is 6.92 Å². The van der Waals surface area contributed by atoms with E-state index in [1.807, 2.05) is 0 Å². The van der Waals surface area contributed by atoms with E-state index in [2.05, 4.69) is 17.5 Å². The minimum Gasteiger partial charge on any atom is -0.389 e. The highest BCUT2D eigenvalue weighted by Gasteiger charge is 2.31. The molecule has 7 heteroatoms. The van der Waals surface area contributed by atoms with Crippen LogP contribution in [-0.4, -0.2) is 10.9 Å². The van der Waals surface area contributed by atoms with Gasteiger partial charge in [0, 0.05) is 12.5 Å². The Bertz CT molecular complexity index is 471. The van der Waals surface area contributed by atoms with E-state index in [1.54, 1.807) is 0 Å². The molecular formula is C10H9F3N2OS. The number of thiocarbonyl (C=S) groups is 1. The molecule has 3 N–H and O–H groups in total. The van der Waals surface area contributed by atoms with Gasteiger partial charge in [0.05, 0.1) is 11.3 Å². The lowest BCUT2D eigenvalue weighted by molar-refractivity contribution is -0.137. The third kappa shape index (κ3) is 3.42. The van der Waals surface area contributed by atoms with Crippen LogP contribution in [0, 0.1) is 0 Å². The van der Waals surface area contributed by atoms with Crippen LogP contribution >= 0.6 is 12.2 Å². The molecule has 17 heavy (non-hydrogen) atoms. The lowest BCUT2D eigenvalue weighted by Crippen LogP contribution is -2.17. The highest BCUT2D eigenvalue weighted by Crippen LogP contribution is 2.31. The predicted octanol–water partition coefficient (Wildman–Crippen LogP) is 2.30. The molecule has 0 unspecified atom stereocenters. The van der Waals surface area contributed by atoms with Crippen molar-refractivity contribution in [1.82, 2.24) is 0 Å². The predicted molar refractivity (Wildman–Crippen MR) is 61.6 cm³/mol. The monoisotopic (exact) mass is 262 g/mol. The molecule has 0 spiro atoms. The van der Waals surface area contributed by atoms with Crippen molar-refractivity contribution in [2.75, 3.05) is 5.32 Å².